The number of nitrogens with zero attached hydrogens (tertiary/aromatic N) is 1. The van der Waals surface area contributed by atoms with Crippen LogP contribution in [0.3, 0.4) is 0 Å². The smallest absolute Gasteiger partial charge is 0.246 e. The topological polar surface area (TPSA) is 50.8 Å². The van der Waals surface area contributed by atoms with Crippen molar-refractivity contribution in [1.82, 2.24) is 10.2 Å². The zero-order valence-corrected chi connectivity index (χ0v) is 11.7. The van der Waals surface area contributed by atoms with Crippen LogP contribution in [0.4, 0.5) is 0 Å². The Morgan fingerprint density at radius 2 is 1.95 bits per heavy atom. The Kier molecular flexibility index (Phi) is 3.07. The second-order valence-electron chi connectivity index (χ2n) is 5.87. The van der Waals surface area contributed by atoms with Crippen molar-refractivity contribution < 1.29 is 14.3 Å². The highest BCUT2D eigenvalue weighted by molar-refractivity contribution is 5.92. The van der Waals surface area contributed by atoms with Gasteiger partial charge in [0.05, 0.1) is 0 Å². The van der Waals surface area contributed by atoms with Gasteiger partial charge in [0.25, 0.3) is 0 Å². The summed E-state index contributed by atoms with van der Waals surface area (Å²) in [6.07, 6.45) is 3.50. The highest BCUT2D eigenvalue weighted by Gasteiger charge is 2.37. The minimum absolute atomic E-state index is 0.0991. The monoisotopic (exact) mass is 286 g/mol. The predicted octanol–water partition coefficient (Wildman–Crippen LogP) is 1.11. The second-order valence-corrected chi connectivity index (χ2v) is 5.87. The molecule has 1 aromatic carbocycles. The first-order valence-corrected chi connectivity index (χ1v) is 7.37. The first-order valence-electron chi connectivity index (χ1n) is 7.37. The van der Waals surface area contributed by atoms with Crippen LogP contribution in [-0.4, -0.2) is 43.8 Å². The van der Waals surface area contributed by atoms with E-state index in [1.54, 1.807) is 6.08 Å². The van der Waals surface area contributed by atoms with E-state index in [9.17, 15) is 4.79 Å². The van der Waals surface area contributed by atoms with E-state index >= 15 is 0 Å². The van der Waals surface area contributed by atoms with Gasteiger partial charge in [0.1, 0.15) is 0 Å². The van der Waals surface area contributed by atoms with Crippen LogP contribution in [0, 0.1) is 11.8 Å². The maximum atomic E-state index is 12.2. The molecule has 2 unspecified atom stereocenters. The largest absolute Gasteiger partial charge is 0.454 e. The molecule has 3 aliphatic rings. The molecule has 110 valence electrons. The van der Waals surface area contributed by atoms with Gasteiger partial charge in [-0.05, 0) is 35.6 Å². The summed E-state index contributed by atoms with van der Waals surface area (Å²) >= 11 is 0. The number of nitrogens with one attached hydrogen (secondary N) is 1. The SMILES string of the molecule is O=C(C=Cc1ccc2c(c1)OCO2)N1CC2CNCC2C1. The molecule has 5 nitrogen and oxygen atoms in total. The molecule has 2 fully saturated rings. The van der Waals surface area contributed by atoms with Crippen molar-refractivity contribution >= 4 is 12.0 Å². The van der Waals surface area contributed by atoms with Gasteiger partial charge in [0, 0.05) is 32.3 Å². The van der Waals surface area contributed by atoms with Gasteiger partial charge in [0.15, 0.2) is 11.5 Å². The quantitative estimate of drug-likeness (QED) is 0.827. The fraction of sp³-hybridized carbons (Fsp3) is 0.438. The van der Waals surface area contributed by atoms with Crippen molar-refractivity contribution in [3.8, 4) is 11.5 Å². The van der Waals surface area contributed by atoms with E-state index in [4.69, 9.17) is 9.47 Å². The molecule has 1 aromatic rings. The minimum atomic E-state index is 0.0991. The average molecular weight is 286 g/mol. The Hall–Kier alpha value is -2.01. The molecule has 0 saturated carbocycles. The van der Waals surface area contributed by atoms with Gasteiger partial charge in [-0.15, -0.1) is 0 Å². The molecule has 2 atom stereocenters. The van der Waals surface area contributed by atoms with Gasteiger partial charge < -0.3 is 19.7 Å². The molecule has 0 aromatic heterocycles. The van der Waals surface area contributed by atoms with Gasteiger partial charge in [-0.3, -0.25) is 4.79 Å². The fourth-order valence-corrected chi connectivity index (χ4v) is 3.33. The number of rotatable bonds is 2. The van der Waals surface area contributed by atoms with Crippen molar-refractivity contribution in [3.05, 3.63) is 29.8 Å². The van der Waals surface area contributed by atoms with E-state index < -0.39 is 0 Å². The Bertz CT molecular complexity index is 587. The van der Waals surface area contributed by atoms with E-state index in [-0.39, 0.29) is 12.7 Å². The summed E-state index contributed by atoms with van der Waals surface area (Å²) in [6.45, 7) is 4.11. The van der Waals surface area contributed by atoms with Gasteiger partial charge in [-0.25, -0.2) is 0 Å². The lowest BCUT2D eigenvalue weighted by molar-refractivity contribution is -0.125. The summed E-state index contributed by atoms with van der Waals surface area (Å²) < 4.78 is 10.6. The number of ether oxygens (including phenoxy) is 2. The Labute approximate surface area is 123 Å². The lowest BCUT2D eigenvalue weighted by Crippen LogP contribution is -2.30. The number of benzene rings is 1. The summed E-state index contributed by atoms with van der Waals surface area (Å²) in [6, 6.07) is 5.70. The minimum Gasteiger partial charge on any atom is -0.454 e. The molecule has 0 bridgehead atoms. The van der Waals surface area contributed by atoms with E-state index in [0.717, 1.165) is 43.2 Å². The van der Waals surface area contributed by atoms with E-state index in [1.807, 2.05) is 29.2 Å². The van der Waals surface area contributed by atoms with Gasteiger partial charge in [-0.2, -0.15) is 0 Å². The first-order chi connectivity index (χ1) is 10.3. The number of carbonyl (C=O) groups excluding carboxylic acids is 1. The maximum Gasteiger partial charge on any atom is 0.246 e. The predicted molar refractivity (Wildman–Crippen MR) is 78.0 cm³/mol. The van der Waals surface area contributed by atoms with E-state index in [0.29, 0.717) is 11.8 Å². The molecule has 0 aliphatic carbocycles. The van der Waals surface area contributed by atoms with Crippen LogP contribution in [-0.2, 0) is 4.79 Å². The lowest BCUT2D eigenvalue weighted by Gasteiger charge is -2.15. The highest BCUT2D eigenvalue weighted by atomic mass is 16.7. The normalized spacial score (nSPS) is 26.6. The van der Waals surface area contributed by atoms with Crippen molar-refractivity contribution in [3.63, 3.8) is 0 Å². The Morgan fingerprint density at radius 1 is 1.19 bits per heavy atom. The van der Waals surface area contributed by atoms with Crippen LogP contribution in [0.1, 0.15) is 5.56 Å². The average Bonchev–Trinajstić information content (AvgIpc) is 3.18. The molecular formula is C16H18N2O3. The summed E-state index contributed by atoms with van der Waals surface area (Å²) in [7, 11) is 0. The fourth-order valence-electron chi connectivity index (χ4n) is 3.33. The van der Waals surface area contributed by atoms with Crippen LogP contribution in [0.25, 0.3) is 6.08 Å². The zero-order chi connectivity index (χ0) is 14.2. The molecule has 0 radical (unpaired) electrons. The van der Waals surface area contributed by atoms with Crippen LogP contribution < -0.4 is 14.8 Å². The van der Waals surface area contributed by atoms with Crippen LogP contribution in [0.2, 0.25) is 0 Å². The summed E-state index contributed by atoms with van der Waals surface area (Å²) in [5.74, 6) is 2.87. The molecule has 1 amide bonds. The highest BCUT2D eigenvalue weighted by Crippen LogP contribution is 2.33. The van der Waals surface area contributed by atoms with Crippen molar-refractivity contribution in [2.24, 2.45) is 11.8 Å². The first kappa shape index (κ1) is 12.7. The molecule has 4 rings (SSSR count). The van der Waals surface area contributed by atoms with Gasteiger partial charge in [-0.1, -0.05) is 6.07 Å². The Balaban J connectivity index is 1.42. The van der Waals surface area contributed by atoms with Crippen LogP contribution >= 0.6 is 0 Å². The number of likely N-dealkylation sites (tertiary alicyclic amines) is 1. The number of amides is 1. The van der Waals surface area contributed by atoms with Gasteiger partial charge >= 0.3 is 0 Å². The molecule has 3 heterocycles. The third kappa shape index (κ3) is 2.38. The summed E-state index contributed by atoms with van der Waals surface area (Å²) in [5.41, 5.74) is 0.952. The van der Waals surface area contributed by atoms with Crippen LogP contribution in [0.15, 0.2) is 24.3 Å². The molecule has 3 aliphatic heterocycles. The summed E-state index contributed by atoms with van der Waals surface area (Å²) in [4.78, 5) is 14.2. The number of hydrogen-bond acceptors (Lipinski definition) is 4. The van der Waals surface area contributed by atoms with Gasteiger partial charge in [0.2, 0.25) is 12.7 Å². The van der Waals surface area contributed by atoms with Crippen molar-refractivity contribution in [1.29, 1.82) is 0 Å². The molecule has 2 saturated heterocycles. The molecule has 5 heteroatoms. The molecule has 0 spiro atoms. The Morgan fingerprint density at radius 3 is 2.76 bits per heavy atom. The van der Waals surface area contributed by atoms with E-state index in [2.05, 4.69) is 5.32 Å². The van der Waals surface area contributed by atoms with Crippen LogP contribution in [0.5, 0.6) is 11.5 Å². The number of carbonyl (C=O) groups is 1. The standard InChI is InChI=1S/C16H18N2O3/c19-16(18-8-12-6-17-7-13(12)9-18)4-2-11-1-3-14-15(5-11)21-10-20-14/h1-5,12-13,17H,6-10H2. The van der Waals surface area contributed by atoms with E-state index in [1.165, 1.54) is 0 Å². The lowest BCUT2D eigenvalue weighted by atomic mass is 10.0. The second kappa shape index (κ2) is 5.07. The zero-order valence-electron chi connectivity index (χ0n) is 11.7. The molecule has 21 heavy (non-hydrogen) atoms. The number of fused-ring (bicyclic) bond motifs is 2. The summed E-state index contributed by atoms with van der Waals surface area (Å²) in [5, 5.41) is 3.38. The number of hydrogen-bond donors (Lipinski definition) is 1. The third-order valence-corrected chi connectivity index (χ3v) is 4.52. The molecule has 1 N–H and O–H groups in total. The molecular weight excluding hydrogens is 268 g/mol. The maximum absolute atomic E-state index is 12.2. The third-order valence-electron chi connectivity index (χ3n) is 4.52. The van der Waals surface area contributed by atoms with Crippen molar-refractivity contribution in [2.45, 2.75) is 0 Å². The van der Waals surface area contributed by atoms with Crippen molar-refractivity contribution in [2.75, 3.05) is 33.0 Å².